The highest BCUT2D eigenvalue weighted by atomic mass is 16.6. The van der Waals surface area contributed by atoms with Crippen LogP contribution in [0.15, 0.2) is 22.8 Å². The van der Waals surface area contributed by atoms with Crippen LogP contribution in [0.25, 0.3) is 0 Å². The van der Waals surface area contributed by atoms with Crippen LogP contribution in [-0.4, -0.2) is 31.8 Å². The van der Waals surface area contributed by atoms with Gasteiger partial charge in [0, 0.05) is 0 Å². The average Bonchev–Trinajstić information content (AvgIpc) is 2.80. The second-order valence-electron chi connectivity index (χ2n) is 3.23. The first-order valence-corrected chi connectivity index (χ1v) is 4.86. The summed E-state index contributed by atoms with van der Waals surface area (Å²) in [6, 6.07) is 3.58. The van der Waals surface area contributed by atoms with Crippen molar-refractivity contribution in [1.82, 2.24) is 5.32 Å². The average molecular weight is 211 g/mol. The SMILES string of the molecule is O=C(NCc1ccco1)C1COCCO1. The molecule has 1 aliphatic heterocycles. The van der Waals surface area contributed by atoms with Crippen molar-refractivity contribution in [3.05, 3.63) is 24.2 Å². The predicted molar refractivity (Wildman–Crippen MR) is 51.1 cm³/mol. The quantitative estimate of drug-likeness (QED) is 0.781. The number of nitrogens with one attached hydrogen (secondary N) is 1. The van der Waals surface area contributed by atoms with Crippen LogP contribution in [-0.2, 0) is 20.8 Å². The summed E-state index contributed by atoms with van der Waals surface area (Å²) in [5, 5.41) is 2.72. The highest BCUT2D eigenvalue weighted by Crippen LogP contribution is 2.02. The molecule has 15 heavy (non-hydrogen) atoms. The Hall–Kier alpha value is -1.33. The van der Waals surface area contributed by atoms with Crippen molar-refractivity contribution in [3.63, 3.8) is 0 Å². The van der Waals surface area contributed by atoms with Crippen molar-refractivity contribution in [1.29, 1.82) is 0 Å². The summed E-state index contributed by atoms with van der Waals surface area (Å²) < 4.78 is 15.5. The third kappa shape index (κ3) is 2.81. The minimum absolute atomic E-state index is 0.161. The van der Waals surface area contributed by atoms with Crippen molar-refractivity contribution in [3.8, 4) is 0 Å². The molecule has 2 heterocycles. The fraction of sp³-hybridized carbons (Fsp3) is 0.500. The Balaban J connectivity index is 1.76. The molecule has 0 radical (unpaired) electrons. The topological polar surface area (TPSA) is 60.7 Å². The van der Waals surface area contributed by atoms with Crippen LogP contribution in [0.4, 0.5) is 0 Å². The molecular formula is C10H13NO4. The third-order valence-corrected chi connectivity index (χ3v) is 2.13. The summed E-state index contributed by atoms with van der Waals surface area (Å²) >= 11 is 0. The first kappa shape index (κ1) is 10.2. The van der Waals surface area contributed by atoms with Gasteiger partial charge in [0.05, 0.1) is 32.6 Å². The summed E-state index contributed by atoms with van der Waals surface area (Å²) in [7, 11) is 0. The lowest BCUT2D eigenvalue weighted by molar-refractivity contribution is -0.147. The summed E-state index contributed by atoms with van der Waals surface area (Å²) in [6.07, 6.45) is 1.08. The van der Waals surface area contributed by atoms with Gasteiger partial charge in [-0.25, -0.2) is 0 Å². The van der Waals surface area contributed by atoms with Gasteiger partial charge >= 0.3 is 0 Å². The van der Waals surface area contributed by atoms with Crippen molar-refractivity contribution in [2.24, 2.45) is 0 Å². The van der Waals surface area contributed by atoms with E-state index in [4.69, 9.17) is 13.9 Å². The zero-order valence-electron chi connectivity index (χ0n) is 8.27. The normalized spacial score (nSPS) is 21.2. The Bertz CT molecular complexity index is 303. The first-order chi connectivity index (χ1) is 7.36. The second-order valence-corrected chi connectivity index (χ2v) is 3.23. The molecule has 1 atom stereocenters. The molecule has 0 aromatic carbocycles. The fourth-order valence-electron chi connectivity index (χ4n) is 1.34. The zero-order valence-corrected chi connectivity index (χ0v) is 8.27. The van der Waals surface area contributed by atoms with Crippen LogP contribution in [0.3, 0.4) is 0 Å². The Kier molecular flexibility index (Phi) is 3.37. The van der Waals surface area contributed by atoms with E-state index < -0.39 is 6.10 Å². The lowest BCUT2D eigenvalue weighted by Gasteiger charge is -2.21. The van der Waals surface area contributed by atoms with E-state index in [1.807, 2.05) is 0 Å². The molecule has 1 saturated heterocycles. The molecule has 1 aromatic heterocycles. The van der Waals surface area contributed by atoms with E-state index >= 15 is 0 Å². The molecule has 0 bridgehead atoms. The van der Waals surface area contributed by atoms with Crippen molar-refractivity contribution in [2.45, 2.75) is 12.6 Å². The molecule has 1 aliphatic rings. The lowest BCUT2D eigenvalue weighted by atomic mass is 10.3. The van der Waals surface area contributed by atoms with E-state index in [0.29, 0.717) is 26.4 Å². The summed E-state index contributed by atoms with van der Waals surface area (Å²) in [5.41, 5.74) is 0. The standard InChI is InChI=1S/C10H13NO4/c12-10(9-7-13-4-5-15-9)11-6-8-2-1-3-14-8/h1-3,9H,4-7H2,(H,11,12). The van der Waals surface area contributed by atoms with E-state index in [0.717, 1.165) is 5.76 Å². The fourth-order valence-corrected chi connectivity index (χ4v) is 1.34. The molecule has 0 aliphatic carbocycles. The zero-order chi connectivity index (χ0) is 10.5. The minimum atomic E-state index is -0.492. The van der Waals surface area contributed by atoms with Gasteiger partial charge in [-0.05, 0) is 12.1 Å². The number of rotatable bonds is 3. The van der Waals surface area contributed by atoms with E-state index in [1.54, 1.807) is 18.4 Å². The highest BCUT2D eigenvalue weighted by Gasteiger charge is 2.22. The largest absolute Gasteiger partial charge is 0.467 e. The molecule has 5 heteroatoms. The number of ether oxygens (including phenoxy) is 2. The van der Waals surface area contributed by atoms with Gasteiger partial charge in [0.1, 0.15) is 5.76 Å². The molecule has 1 N–H and O–H groups in total. The maximum Gasteiger partial charge on any atom is 0.251 e. The third-order valence-electron chi connectivity index (χ3n) is 2.13. The molecule has 5 nitrogen and oxygen atoms in total. The van der Waals surface area contributed by atoms with Gasteiger partial charge in [-0.3, -0.25) is 4.79 Å². The first-order valence-electron chi connectivity index (χ1n) is 4.86. The van der Waals surface area contributed by atoms with Crippen LogP contribution in [0.2, 0.25) is 0 Å². The molecule has 1 fully saturated rings. The molecule has 0 saturated carbocycles. The minimum Gasteiger partial charge on any atom is -0.467 e. The van der Waals surface area contributed by atoms with Gasteiger partial charge in [-0.2, -0.15) is 0 Å². The molecule has 1 amide bonds. The lowest BCUT2D eigenvalue weighted by Crippen LogP contribution is -2.42. The van der Waals surface area contributed by atoms with Gasteiger partial charge in [-0.15, -0.1) is 0 Å². The van der Waals surface area contributed by atoms with Gasteiger partial charge in [0.15, 0.2) is 6.10 Å². The van der Waals surface area contributed by atoms with Crippen LogP contribution < -0.4 is 5.32 Å². The summed E-state index contributed by atoms with van der Waals surface area (Å²) in [4.78, 5) is 11.5. The van der Waals surface area contributed by atoms with Crippen molar-refractivity contribution < 1.29 is 18.7 Å². The maximum atomic E-state index is 11.5. The Labute approximate surface area is 87.3 Å². The summed E-state index contributed by atoms with van der Waals surface area (Å²) in [5.74, 6) is 0.561. The smallest absolute Gasteiger partial charge is 0.251 e. The van der Waals surface area contributed by atoms with Gasteiger partial charge in [-0.1, -0.05) is 0 Å². The van der Waals surface area contributed by atoms with E-state index in [9.17, 15) is 4.79 Å². The number of hydrogen-bond acceptors (Lipinski definition) is 4. The Morgan fingerprint density at radius 2 is 2.47 bits per heavy atom. The van der Waals surface area contributed by atoms with E-state index in [-0.39, 0.29) is 5.91 Å². The molecule has 1 aromatic rings. The molecule has 1 unspecified atom stereocenters. The number of carbonyl (C=O) groups is 1. The Morgan fingerprint density at radius 3 is 3.13 bits per heavy atom. The number of carbonyl (C=O) groups excluding carboxylic acids is 1. The van der Waals surface area contributed by atoms with Gasteiger partial charge in [0.2, 0.25) is 0 Å². The highest BCUT2D eigenvalue weighted by molar-refractivity contribution is 5.80. The van der Waals surface area contributed by atoms with Crippen LogP contribution >= 0.6 is 0 Å². The van der Waals surface area contributed by atoms with Crippen LogP contribution in [0.1, 0.15) is 5.76 Å². The number of amides is 1. The number of hydrogen-bond donors (Lipinski definition) is 1. The van der Waals surface area contributed by atoms with Crippen LogP contribution in [0.5, 0.6) is 0 Å². The number of furan rings is 1. The molecule has 2 rings (SSSR count). The maximum absolute atomic E-state index is 11.5. The van der Waals surface area contributed by atoms with Crippen molar-refractivity contribution in [2.75, 3.05) is 19.8 Å². The monoisotopic (exact) mass is 211 g/mol. The second kappa shape index (κ2) is 4.95. The van der Waals surface area contributed by atoms with E-state index in [1.165, 1.54) is 0 Å². The summed E-state index contributed by atoms with van der Waals surface area (Å²) in [6.45, 7) is 1.73. The van der Waals surface area contributed by atoms with Crippen molar-refractivity contribution >= 4 is 5.91 Å². The van der Waals surface area contributed by atoms with Gasteiger partial charge in [0.25, 0.3) is 5.91 Å². The Morgan fingerprint density at radius 1 is 1.53 bits per heavy atom. The van der Waals surface area contributed by atoms with E-state index in [2.05, 4.69) is 5.32 Å². The van der Waals surface area contributed by atoms with Crippen LogP contribution in [0, 0.1) is 0 Å². The molecular weight excluding hydrogens is 198 g/mol. The predicted octanol–water partition coefficient (Wildman–Crippen LogP) is 0.311. The molecule has 82 valence electrons. The van der Waals surface area contributed by atoms with Gasteiger partial charge < -0.3 is 19.2 Å². The molecule has 0 spiro atoms.